The summed E-state index contributed by atoms with van der Waals surface area (Å²) in [7, 11) is -1.82. The molecule has 1 aliphatic rings. The van der Waals surface area contributed by atoms with Crippen LogP contribution in [0.15, 0.2) is 18.3 Å². The first-order valence-corrected chi connectivity index (χ1v) is 12.8. The van der Waals surface area contributed by atoms with E-state index in [4.69, 9.17) is 15.5 Å². The number of nitrogens with two attached hydrogens (primary N) is 1. The van der Waals surface area contributed by atoms with E-state index in [0.29, 0.717) is 28.9 Å². The average molecular weight is 489 g/mol. The number of nitrogens with zero attached hydrogens (tertiary/aromatic N) is 7. The van der Waals surface area contributed by atoms with Crippen LogP contribution in [0, 0.1) is 12.7 Å². The molecule has 1 aromatic carbocycles. The molecule has 3 aromatic heterocycles. The molecule has 0 unspecified atom stereocenters. The van der Waals surface area contributed by atoms with E-state index in [1.807, 2.05) is 6.92 Å². The number of piperidine rings is 1. The zero-order valence-electron chi connectivity index (χ0n) is 19.1. The van der Waals surface area contributed by atoms with E-state index >= 15 is 0 Å². The van der Waals surface area contributed by atoms with Gasteiger partial charge in [0.2, 0.25) is 5.95 Å². The molecule has 0 aliphatic carbocycles. The van der Waals surface area contributed by atoms with Crippen LogP contribution >= 0.6 is 0 Å². The predicted molar refractivity (Wildman–Crippen MR) is 125 cm³/mol. The van der Waals surface area contributed by atoms with E-state index in [1.165, 1.54) is 34.7 Å². The fourth-order valence-electron chi connectivity index (χ4n) is 4.48. The van der Waals surface area contributed by atoms with E-state index in [9.17, 15) is 12.8 Å². The molecule has 180 valence electrons. The highest BCUT2D eigenvalue weighted by molar-refractivity contribution is 7.89. The quantitative estimate of drug-likeness (QED) is 0.447. The van der Waals surface area contributed by atoms with Crippen molar-refractivity contribution >= 4 is 38.0 Å². The minimum absolute atomic E-state index is 0.00357. The number of methoxy groups -OCH3 is 1. The van der Waals surface area contributed by atoms with Gasteiger partial charge in [0, 0.05) is 36.7 Å². The van der Waals surface area contributed by atoms with Crippen LogP contribution in [0.1, 0.15) is 30.3 Å². The highest BCUT2D eigenvalue weighted by Crippen LogP contribution is 2.32. The van der Waals surface area contributed by atoms with Crippen molar-refractivity contribution in [3.8, 4) is 5.75 Å². The number of benzene rings is 1. The Morgan fingerprint density at radius 3 is 2.82 bits per heavy atom. The highest BCUT2D eigenvalue weighted by Gasteiger charge is 2.28. The lowest BCUT2D eigenvalue weighted by molar-refractivity contribution is 0.387. The first kappa shape index (κ1) is 22.3. The molecule has 13 heteroatoms. The minimum Gasteiger partial charge on any atom is -0.494 e. The molecular weight excluding hydrogens is 463 g/mol. The summed E-state index contributed by atoms with van der Waals surface area (Å²) in [5.41, 5.74) is 8.72. The molecule has 4 heterocycles. The predicted octanol–water partition coefficient (Wildman–Crippen LogP) is 1.90. The molecule has 2 N–H and O–H groups in total. The van der Waals surface area contributed by atoms with Crippen molar-refractivity contribution in [2.24, 2.45) is 0 Å². The molecule has 34 heavy (non-hydrogen) atoms. The second-order valence-corrected chi connectivity index (χ2v) is 10.7. The largest absolute Gasteiger partial charge is 0.494 e. The van der Waals surface area contributed by atoms with E-state index in [0.717, 1.165) is 30.8 Å². The normalized spacial score (nSPS) is 17.1. The lowest BCUT2D eigenvalue weighted by atomic mass is 9.97. The van der Waals surface area contributed by atoms with Crippen LogP contribution in [-0.4, -0.2) is 64.2 Å². The van der Waals surface area contributed by atoms with Crippen molar-refractivity contribution in [1.29, 1.82) is 0 Å². The van der Waals surface area contributed by atoms with E-state index in [2.05, 4.69) is 20.1 Å². The molecule has 1 saturated heterocycles. The van der Waals surface area contributed by atoms with Gasteiger partial charge in [0.1, 0.15) is 5.88 Å². The van der Waals surface area contributed by atoms with Gasteiger partial charge in [-0.2, -0.15) is 9.61 Å². The number of sulfone groups is 1. The average Bonchev–Trinajstić information content (AvgIpc) is 3.38. The first-order valence-electron chi connectivity index (χ1n) is 10.8. The fraction of sp³-hybridized carbons (Fsp3) is 0.429. The number of nitrogen functional groups attached to an aromatic ring is 1. The third kappa shape index (κ3) is 3.89. The van der Waals surface area contributed by atoms with E-state index in [1.54, 1.807) is 6.20 Å². The van der Waals surface area contributed by atoms with E-state index < -0.39 is 15.7 Å². The third-order valence-corrected chi connectivity index (χ3v) is 6.86. The first-order chi connectivity index (χ1) is 16.1. The van der Waals surface area contributed by atoms with Crippen LogP contribution in [0.4, 0.5) is 16.0 Å². The van der Waals surface area contributed by atoms with Gasteiger partial charge in [-0.05, 0) is 25.8 Å². The molecule has 0 saturated carbocycles. The van der Waals surface area contributed by atoms with Gasteiger partial charge in [-0.25, -0.2) is 22.8 Å². The van der Waals surface area contributed by atoms with Crippen molar-refractivity contribution in [2.75, 3.05) is 37.1 Å². The molecule has 5 rings (SSSR count). The number of hydrogen-bond acceptors (Lipinski definition) is 9. The summed E-state index contributed by atoms with van der Waals surface area (Å²) < 4.78 is 45.8. The Morgan fingerprint density at radius 1 is 1.29 bits per heavy atom. The van der Waals surface area contributed by atoms with Gasteiger partial charge in [0.05, 0.1) is 30.2 Å². The summed E-state index contributed by atoms with van der Waals surface area (Å²) in [6, 6.07) is 2.83. The Balaban J connectivity index is 1.49. The van der Waals surface area contributed by atoms with Crippen LogP contribution in [0.2, 0.25) is 0 Å². The van der Waals surface area contributed by atoms with Gasteiger partial charge in [-0.15, -0.1) is 5.10 Å². The molecule has 0 radical (unpaired) electrons. The Hall–Kier alpha value is -3.48. The molecule has 1 aliphatic heterocycles. The Bertz CT molecular complexity index is 1510. The summed E-state index contributed by atoms with van der Waals surface area (Å²) in [6.07, 6.45) is 4.66. The zero-order valence-corrected chi connectivity index (χ0v) is 19.9. The van der Waals surface area contributed by atoms with Gasteiger partial charge in [-0.3, -0.25) is 4.68 Å². The number of hydrogen-bond donors (Lipinski definition) is 1. The van der Waals surface area contributed by atoms with Crippen LogP contribution in [0.5, 0.6) is 5.75 Å². The van der Waals surface area contributed by atoms with Crippen LogP contribution < -0.4 is 15.4 Å². The molecule has 4 aromatic rings. The van der Waals surface area contributed by atoms with Crippen molar-refractivity contribution in [2.45, 2.75) is 31.6 Å². The van der Waals surface area contributed by atoms with Gasteiger partial charge >= 0.3 is 0 Å². The van der Waals surface area contributed by atoms with Crippen LogP contribution in [-0.2, 0) is 15.7 Å². The van der Waals surface area contributed by atoms with Crippen LogP contribution in [0.3, 0.4) is 0 Å². The van der Waals surface area contributed by atoms with Crippen molar-refractivity contribution in [1.82, 2.24) is 29.4 Å². The number of ether oxygens (including phenoxy) is 1. The molecule has 11 nitrogen and oxygen atoms in total. The van der Waals surface area contributed by atoms with Gasteiger partial charge in [-0.1, -0.05) is 0 Å². The van der Waals surface area contributed by atoms with Crippen molar-refractivity contribution < 1.29 is 17.5 Å². The van der Waals surface area contributed by atoms with Gasteiger partial charge < -0.3 is 15.4 Å². The number of aromatic nitrogens is 6. The third-order valence-electron chi connectivity index (χ3n) is 6.15. The van der Waals surface area contributed by atoms with Gasteiger partial charge in [0.25, 0.3) is 0 Å². The lowest BCUT2D eigenvalue weighted by Gasteiger charge is -2.32. The molecule has 0 spiro atoms. The summed E-state index contributed by atoms with van der Waals surface area (Å²) in [5.74, 6) is 0.161. The van der Waals surface area contributed by atoms with Crippen LogP contribution in [0.25, 0.3) is 16.6 Å². The second kappa shape index (κ2) is 8.08. The number of fused-ring (bicyclic) bond motifs is 3. The number of rotatable bonds is 5. The standard InChI is InChI=1S/C21H25FN8O3S/c1-12-17(9-24-29(12)11-34(3,31)32)28-6-4-5-13(10-28)19-26-20-14-7-15(22)18(33-2)8-16(14)25-21(23)30(20)27-19/h7-9,13H,4-6,10-11H2,1-3H3,(H2,23,25)/t13-/m1/s1. The van der Waals surface area contributed by atoms with Gasteiger partial charge in [0.15, 0.2) is 32.9 Å². The monoisotopic (exact) mass is 488 g/mol. The SMILES string of the molecule is COc1cc2nc(N)n3nc([C@@H]4CCCN(c5cnn(CS(C)(=O)=O)c5C)C4)nc3c2cc1F. The maximum absolute atomic E-state index is 14.4. The zero-order chi connectivity index (χ0) is 24.2. The number of halogens is 1. The maximum atomic E-state index is 14.4. The second-order valence-electron chi connectivity index (χ2n) is 8.63. The summed E-state index contributed by atoms with van der Waals surface area (Å²) in [6.45, 7) is 3.31. The fourth-order valence-corrected chi connectivity index (χ4v) is 5.19. The smallest absolute Gasteiger partial charge is 0.223 e. The number of anilines is 2. The lowest BCUT2D eigenvalue weighted by Crippen LogP contribution is -2.35. The van der Waals surface area contributed by atoms with Crippen molar-refractivity contribution in [3.05, 3.63) is 35.7 Å². The topological polar surface area (TPSA) is 134 Å². The maximum Gasteiger partial charge on any atom is 0.223 e. The molecular formula is C21H25FN8O3S. The molecule has 1 atom stereocenters. The highest BCUT2D eigenvalue weighted by atomic mass is 32.2. The summed E-state index contributed by atoms with van der Waals surface area (Å²) in [4.78, 5) is 11.2. The van der Waals surface area contributed by atoms with E-state index in [-0.39, 0.29) is 23.5 Å². The Morgan fingerprint density at radius 2 is 2.09 bits per heavy atom. The Labute approximate surface area is 195 Å². The molecule has 0 amide bonds. The van der Waals surface area contributed by atoms with Crippen molar-refractivity contribution in [3.63, 3.8) is 0 Å². The Kier molecular flexibility index (Phi) is 5.30. The summed E-state index contributed by atoms with van der Waals surface area (Å²) in [5, 5.41) is 9.36. The molecule has 0 bridgehead atoms. The molecule has 1 fully saturated rings. The summed E-state index contributed by atoms with van der Waals surface area (Å²) >= 11 is 0. The minimum atomic E-state index is -3.21.